The molecule has 0 bridgehead atoms. The second-order valence-corrected chi connectivity index (χ2v) is 3.74. The van der Waals surface area contributed by atoms with Gasteiger partial charge in [0.25, 0.3) is 0 Å². The zero-order valence-electron chi connectivity index (χ0n) is 9.51. The molecule has 0 spiro atoms. The molecule has 0 aliphatic carbocycles. The molecule has 1 aromatic rings. The molecule has 0 amide bonds. The Morgan fingerprint density at radius 3 is 2.67 bits per heavy atom. The lowest BCUT2D eigenvalue weighted by Crippen LogP contribution is -1.86. The first kappa shape index (κ1) is 11.7. The lowest BCUT2D eigenvalue weighted by Gasteiger charge is -2.02. The van der Waals surface area contributed by atoms with Crippen LogP contribution < -0.4 is 0 Å². The van der Waals surface area contributed by atoms with Crippen LogP contribution in [0.5, 0.6) is 5.75 Å². The summed E-state index contributed by atoms with van der Waals surface area (Å²) < 4.78 is 0. The molecular formula is C14H18O. The molecular weight excluding hydrogens is 184 g/mol. The maximum Gasteiger partial charge on any atom is 0.118 e. The molecule has 0 heterocycles. The number of hydrogen-bond acceptors (Lipinski definition) is 1. The minimum Gasteiger partial charge on any atom is -0.508 e. The van der Waals surface area contributed by atoms with Gasteiger partial charge in [-0.15, -0.1) is 11.8 Å². The summed E-state index contributed by atoms with van der Waals surface area (Å²) in [7, 11) is 0. The van der Waals surface area contributed by atoms with Crippen molar-refractivity contribution in [1.82, 2.24) is 0 Å². The normalized spacial score (nSPS) is 9.47. The summed E-state index contributed by atoms with van der Waals surface area (Å²) in [4.78, 5) is 0. The molecule has 15 heavy (non-hydrogen) atoms. The van der Waals surface area contributed by atoms with Gasteiger partial charge in [-0.1, -0.05) is 24.6 Å². The van der Waals surface area contributed by atoms with E-state index in [1.807, 2.05) is 19.1 Å². The van der Waals surface area contributed by atoms with Gasteiger partial charge in [0.2, 0.25) is 0 Å². The molecule has 1 N–H and O–H groups in total. The van der Waals surface area contributed by atoms with E-state index >= 15 is 0 Å². The van der Waals surface area contributed by atoms with E-state index in [-0.39, 0.29) is 0 Å². The van der Waals surface area contributed by atoms with Crippen LogP contribution in [0.15, 0.2) is 18.2 Å². The third-order valence-electron chi connectivity index (χ3n) is 2.25. The molecule has 0 radical (unpaired) electrons. The van der Waals surface area contributed by atoms with E-state index in [4.69, 9.17) is 0 Å². The Kier molecular flexibility index (Phi) is 4.77. The Bertz CT molecular complexity index is 369. The Morgan fingerprint density at radius 2 is 1.93 bits per heavy atom. The number of phenols is 1. The second kappa shape index (κ2) is 6.14. The Morgan fingerprint density at radius 1 is 1.20 bits per heavy atom. The SMILES string of the molecule is CCCC#CCCc1cc(C)ccc1O. The highest BCUT2D eigenvalue weighted by molar-refractivity contribution is 5.36. The summed E-state index contributed by atoms with van der Waals surface area (Å²) in [6.45, 7) is 4.16. The molecule has 0 atom stereocenters. The highest BCUT2D eigenvalue weighted by Gasteiger charge is 1.99. The van der Waals surface area contributed by atoms with Gasteiger partial charge < -0.3 is 5.11 Å². The van der Waals surface area contributed by atoms with Crippen molar-refractivity contribution in [3.05, 3.63) is 29.3 Å². The largest absolute Gasteiger partial charge is 0.508 e. The summed E-state index contributed by atoms with van der Waals surface area (Å²) >= 11 is 0. The first-order valence-electron chi connectivity index (χ1n) is 5.48. The van der Waals surface area contributed by atoms with Gasteiger partial charge in [-0.05, 0) is 31.4 Å². The van der Waals surface area contributed by atoms with Gasteiger partial charge in [0.05, 0.1) is 0 Å². The Hall–Kier alpha value is -1.42. The third kappa shape index (κ3) is 4.08. The molecule has 0 aromatic heterocycles. The number of phenolic OH excluding ortho intramolecular Hbond substituents is 1. The number of rotatable bonds is 3. The van der Waals surface area contributed by atoms with Crippen LogP contribution in [0.25, 0.3) is 0 Å². The highest BCUT2D eigenvalue weighted by atomic mass is 16.3. The van der Waals surface area contributed by atoms with Crippen LogP contribution in [0.4, 0.5) is 0 Å². The van der Waals surface area contributed by atoms with Gasteiger partial charge >= 0.3 is 0 Å². The van der Waals surface area contributed by atoms with Crippen molar-refractivity contribution in [2.45, 2.75) is 39.5 Å². The van der Waals surface area contributed by atoms with E-state index in [1.165, 1.54) is 5.56 Å². The number of unbranched alkanes of at least 4 members (excludes halogenated alkanes) is 1. The molecule has 0 unspecified atom stereocenters. The van der Waals surface area contributed by atoms with E-state index in [9.17, 15) is 5.11 Å². The lowest BCUT2D eigenvalue weighted by atomic mass is 10.1. The summed E-state index contributed by atoms with van der Waals surface area (Å²) in [6, 6.07) is 5.70. The van der Waals surface area contributed by atoms with Crippen LogP contribution in [-0.2, 0) is 6.42 Å². The molecule has 1 nitrogen and oxygen atoms in total. The van der Waals surface area contributed by atoms with Crippen LogP contribution in [-0.4, -0.2) is 5.11 Å². The fraction of sp³-hybridized carbons (Fsp3) is 0.429. The van der Waals surface area contributed by atoms with E-state index in [2.05, 4.69) is 18.8 Å². The number of benzene rings is 1. The summed E-state index contributed by atoms with van der Waals surface area (Å²) in [5.41, 5.74) is 2.19. The zero-order chi connectivity index (χ0) is 11.1. The van der Waals surface area contributed by atoms with E-state index < -0.39 is 0 Å². The van der Waals surface area contributed by atoms with E-state index in [1.54, 1.807) is 6.07 Å². The summed E-state index contributed by atoms with van der Waals surface area (Å²) in [6.07, 6.45) is 3.75. The van der Waals surface area contributed by atoms with Crippen molar-refractivity contribution >= 4 is 0 Å². The average molecular weight is 202 g/mol. The molecule has 0 saturated heterocycles. The second-order valence-electron chi connectivity index (χ2n) is 3.74. The van der Waals surface area contributed by atoms with E-state index in [0.29, 0.717) is 5.75 Å². The minimum absolute atomic E-state index is 0.387. The van der Waals surface area contributed by atoms with Crippen LogP contribution in [0, 0.1) is 18.8 Å². The Balaban J connectivity index is 2.51. The fourth-order valence-electron chi connectivity index (χ4n) is 1.41. The summed E-state index contributed by atoms with van der Waals surface area (Å²) in [5.74, 6) is 6.62. The molecule has 0 aliphatic heterocycles. The van der Waals surface area contributed by atoms with Crippen molar-refractivity contribution in [3.8, 4) is 17.6 Å². The van der Waals surface area contributed by atoms with Gasteiger partial charge in [-0.25, -0.2) is 0 Å². The fourth-order valence-corrected chi connectivity index (χ4v) is 1.41. The first-order valence-corrected chi connectivity index (χ1v) is 5.48. The molecule has 80 valence electrons. The smallest absolute Gasteiger partial charge is 0.118 e. The summed E-state index contributed by atoms with van der Waals surface area (Å²) in [5, 5.41) is 9.59. The molecule has 0 saturated carbocycles. The number of aryl methyl sites for hydroxylation is 2. The van der Waals surface area contributed by atoms with Crippen molar-refractivity contribution in [2.24, 2.45) is 0 Å². The van der Waals surface area contributed by atoms with Crippen LogP contribution in [0.1, 0.15) is 37.3 Å². The standard InChI is InChI=1S/C14H18O/c1-3-4-5-6-7-8-13-11-12(2)9-10-14(13)15/h9-11,15H,3-4,7-8H2,1-2H3. The quantitative estimate of drug-likeness (QED) is 0.744. The highest BCUT2D eigenvalue weighted by Crippen LogP contribution is 2.19. The van der Waals surface area contributed by atoms with Gasteiger partial charge in [-0.3, -0.25) is 0 Å². The van der Waals surface area contributed by atoms with Crippen molar-refractivity contribution in [2.75, 3.05) is 0 Å². The maximum absolute atomic E-state index is 9.59. The topological polar surface area (TPSA) is 20.2 Å². The first-order chi connectivity index (χ1) is 7.24. The molecule has 0 fully saturated rings. The van der Waals surface area contributed by atoms with Crippen molar-refractivity contribution in [3.63, 3.8) is 0 Å². The lowest BCUT2D eigenvalue weighted by molar-refractivity contribution is 0.468. The van der Waals surface area contributed by atoms with Crippen molar-refractivity contribution in [1.29, 1.82) is 0 Å². The van der Waals surface area contributed by atoms with Gasteiger partial charge in [0.15, 0.2) is 0 Å². The van der Waals surface area contributed by atoms with E-state index in [0.717, 1.165) is 31.2 Å². The van der Waals surface area contributed by atoms with Crippen LogP contribution in [0.2, 0.25) is 0 Å². The van der Waals surface area contributed by atoms with Crippen molar-refractivity contribution < 1.29 is 5.11 Å². The minimum atomic E-state index is 0.387. The monoisotopic (exact) mass is 202 g/mol. The predicted molar refractivity (Wildman–Crippen MR) is 63.8 cm³/mol. The maximum atomic E-state index is 9.59. The molecule has 1 aromatic carbocycles. The van der Waals surface area contributed by atoms with Crippen LogP contribution >= 0.6 is 0 Å². The molecule has 1 rings (SSSR count). The molecule has 0 aliphatic rings. The Labute approximate surface area is 92.1 Å². The predicted octanol–water partition coefficient (Wildman–Crippen LogP) is 3.44. The van der Waals surface area contributed by atoms with Crippen LogP contribution in [0.3, 0.4) is 0 Å². The average Bonchev–Trinajstić information content (AvgIpc) is 2.23. The van der Waals surface area contributed by atoms with Gasteiger partial charge in [-0.2, -0.15) is 0 Å². The number of aromatic hydroxyl groups is 1. The third-order valence-corrected chi connectivity index (χ3v) is 2.25. The van der Waals surface area contributed by atoms with Gasteiger partial charge in [0, 0.05) is 12.8 Å². The van der Waals surface area contributed by atoms with Gasteiger partial charge in [0.1, 0.15) is 5.75 Å². The number of hydrogen-bond donors (Lipinski definition) is 1. The molecule has 1 heteroatoms. The zero-order valence-corrected chi connectivity index (χ0v) is 9.51.